The van der Waals surface area contributed by atoms with Crippen molar-refractivity contribution in [2.75, 3.05) is 39.9 Å². The smallest absolute Gasteiger partial charge is 0.221 e. The highest BCUT2D eigenvalue weighted by atomic mass is 16.5. The van der Waals surface area contributed by atoms with E-state index in [0.29, 0.717) is 28.6 Å². The van der Waals surface area contributed by atoms with E-state index in [4.69, 9.17) is 30.4 Å². The zero-order valence-electron chi connectivity index (χ0n) is 14.6. The third kappa shape index (κ3) is 4.10. The van der Waals surface area contributed by atoms with Crippen LogP contribution in [-0.4, -0.2) is 38.4 Å². The molecule has 1 atom stereocenters. The zero-order chi connectivity index (χ0) is 18.4. The molecule has 8 nitrogen and oxygen atoms in total. The van der Waals surface area contributed by atoms with E-state index in [0.717, 1.165) is 5.56 Å². The SMILES string of the molecule is COc1cc(C(C=Cc2cnc(N)nc2N)OC)cc(OC)c1OC. The molecule has 2 aromatic rings. The number of benzene rings is 1. The van der Waals surface area contributed by atoms with Crippen molar-refractivity contribution in [3.8, 4) is 17.2 Å². The normalized spacial score (nSPS) is 12.2. The summed E-state index contributed by atoms with van der Waals surface area (Å²) in [6, 6.07) is 3.64. The van der Waals surface area contributed by atoms with Crippen LogP contribution in [0.5, 0.6) is 17.2 Å². The molecule has 134 valence electrons. The highest BCUT2D eigenvalue weighted by Gasteiger charge is 2.17. The fourth-order valence-corrected chi connectivity index (χ4v) is 2.33. The number of hydrogen-bond donors (Lipinski definition) is 2. The summed E-state index contributed by atoms with van der Waals surface area (Å²) >= 11 is 0. The van der Waals surface area contributed by atoms with Gasteiger partial charge in [-0.15, -0.1) is 0 Å². The van der Waals surface area contributed by atoms with Crippen LogP contribution in [-0.2, 0) is 4.74 Å². The summed E-state index contributed by atoms with van der Waals surface area (Å²) < 4.78 is 21.6. The van der Waals surface area contributed by atoms with Gasteiger partial charge in [-0.3, -0.25) is 0 Å². The number of nitrogens with zero attached hydrogens (tertiary/aromatic N) is 2. The average molecular weight is 346 g/mol. The number of hydrogen-bond acceptors (Lipinski definition) is 8. The van der Waals surface area contributed by atoms with Crippen molar-refractivity contribution in [1.82, 2.24) is 9.97 Å². The van der Waals surface area contributed by atoms with Gasteiger partial charge >= 0.3 is 0 Å². The van der Waals surface area contributed by atoms with Crippen LogP contribution >= 0.6 is 0 Å². The van der Waals surface area contributed by atoms with Crippen molar-refractivity contribution in [3.63, 3.8) is 0 Å². The molecule has 0 aliphatic rings. The number of rotatable bonds is 7. The second-order valence-electron chi connectivity index (χ2n) is 5.04. The molecule has 0 radical (unpaired) electrons. The highest BCUT2D eigenvalue weighted by Crippen LogP contribution is 2.40. The second-order valence-corrected chi connectivity index (χ2v) is 5.04. The number of nitrogens with two attached hydrogens (primary N) is 2. The van der Waals surface area contributed by atoms with Crippen LogP contribution in [0.15, 0.2) is 24.4 Å². The van der Waals surface area contributed by atoms with E-state index in [2.05, 4.69) is 9.97 Å². The van der Waals surface area contributed by atoms with Gasteiger partial charge in [-0.05, 0) is 17.7 Å². The standard InChI is InChI=1S/C17H22N4O4/c1-22-12(6-5-10-9-20-17(19)21-16(10)18)11-7-13(23-2)15(25-4)14(8-11)24-3/h5-9,12H,1-4H3,(H4,18,19,20,21). The molecule has 0 fully saturated rings. The molecular formula is C17H22N4O4. The topological polar surface area (TPSA) is 115 Å². The van der Waals surface area contributed by atoms with E-state index in [1.54, 1.807) is 40.7 Å². The van der Waals surface area contributed by atoms with Crippen LogP contribution < -0.4 is 25.7 Å². The molecular weight excluding hydrogens is 324 g/mol. The molecule has 0 aliphatic carbocycles. The number of methoxy groups -OCH3 is 4. The molecule has 1 heterocycles. The van der Waals surface area contributed by atoms with E-state index in [-0.39, 0.29) is 12.1 Å². The van der Waals surface area contributed by atoms with Crippen LogP contribution in [0.2, 0.25) is 0 Å². The Balaban J connectivity index is 2.38. The van der Waals surface area contributed by atoms with Crippen molar-refractivity contribution in [2.45, 2.75) is 6.10 Å². The van der Waals surface area contributed by atoms with Crippen LogP contribution in [0.3, 0.4) is 0 Å². The predicted octanol–water partition coefficient (Wildman–Crippen LogP) is 2.07. The lowest BCUT2D eigenvalue weighted by Crippen LogP contribution is -2.03. The minimum atomic E-state index is -0.370. The summed E-state index contributed by atoms with van der Waals surface area (Å²) in [4.78, 5) is 7.86. The fraction of sp³-hybridized carbons (Fsp3) is 0.294. The van der Waals surface area contributed by atoms with Crippen LogP contribution in [0.25, 0.3) is 6.08 Å². The van der Waals surface area contributed by atoms with Gasteiger partial charge in [0.15, 0.2) is 11.5 Å². The summed E-state index contributed by atoms with van der Waals surface area (Å²) in [5.41, 5.74) is 12.8. The zero-order valence-corrected chi connectivity index (χ0v) is 14.6. The Labute approximate surface area is 146 Å². The third-order valence-electron chi connectivity index (χ3n) is 3.59. The van der Waals surface area contributed by atoms with Crippen molar-refractivity contribution in [1.29, 1.82) is 0 Å². The summed E-state index contributed by atoms with van der Waals surface area (Å²) in [7, 11) is 6.27. The molecule has 4 N–H and O–H groups in total. The molecule has 2 rings (SSSR count). The van der Waals surface area contributed by atoms with E-state index in [1.165, 1.54) is 0 Å². The van der Waals surface area contributed by atoms with Gasteiger partial charge in [0.05, 0.1) is 21.3 Å². The van der Waals surface area contributed by atoms with E-state index in [1.807, 2.05) is 18.2 Å². The summed E-state index contributed by atoms with van der Waals surface area (Å²) in [6.07, 6.45) is 4.78. The Morgan fingerprint density at radius 3 is 2.12 bits per heavy atom. The largest absolute Gasteiger partial charge is 0.493 e. The molecule has 1 unspecified atom stereocenters. The third-order valence-corrected chi connectivity index (χ3v) is 3.59. The Kier molecular flexibility index (Phi) is 6.02. The van der Waals surface area contributed by atoms with Gasteiger partial charge in [-0.2, -0.15) is 4.98 Å². The second kappa shape index (κ2) is 8.20. The fourth-order valence-electron chi connectivity index (χ4n) is 2.33. The maximum absolute atomic E-state index is 5.84. The number of anilines is 2. The Hall–Kier alpha value is -3.00. The predicted molar refractivity (Wildman–Crippen MR) is 95.7 cm³/mol. The van der Waals surface area contributed by atoms with Crippen molar-refractivity contribution < 1.29 is 18.9 Å². The molecule has 0 saturated heterocycles. The van der Waals surface area contributed by atoms with Gasteiger partial charge in [0.25, 0.3) is 0 Å². The molecule has 0 aliphatic heterocycles. The van der Waals surface area contributed by atoms with E-state index in [9.17, 15) is 0 Å². The molecule has 25 heavy (non-hydrogen) atoms. The lowest BCUT2D eigenvalue weighted by atomic mass is 10.1. The van der Waals surface area contributed by atoms with Gasteiger partial charge in [0.2, 0.25) is 11.7 Å². The number of ether oxygens (including phenoxy) is 4. The average Bonchev–Trinajstić information content (AvgIpc) is 2.62. The molecule has 1 aromatic heterocycles. The Morgan fingerprint density at radius 1 is 1.00 bits per heavy atom. The molecule has 0 spiro atoms. The van der Waals surface area contributed by atoms with Gasteiger partial charge in [-0.25, -0.2) is 4.98 Å². The van der Waals surface area contributed by atoms with Crippen LogP contribution in [0.4, 0.5) is 11.8 Å². The summed E-state index contributed by atoms with van der Waals surface area (Å²) in [6.45, 7) is 0. The maximum atomic E-state index is 5.84. The van der Waals surface area contributed by atoms with Gasteiger partial charge in [0.1, 0.15) is 11.9 Å². The van der Waals surface area contributed by atoms with Gasteiger partial charge in [-0.1, -0.05) is 12.2 Å². The lowest BCUT2D eigenvalue weighted by Gasteiger charge is -2.17. The first-order valence-electron chi connectivity index (χ1n) is 7.42. The molecule has 8 heteroatoms. The minimum Gasteiger partial charge on any atom is -0.493 e. The highest BCUT2D eigenvalue weighted by molar-refractivity contribution is 5.62. The molecule has 0 saturated carbocycles. The summed E-state index contributed by atoms with van der Waals surface area (Å²) in [5.74, 6) is 2.03. The first-order chi connectivity index (χ1) is 12.0. The molecule has 0 bridgehead atoms. The Bertz CT molecular complexity index is 739. The quantitative estimate of drug-likeness (QED) is 0.783. The van der Waals surface area contributed by atoms with E-state index >= 15 is 0 Å². The van der Waals surface area contributed by atoms with Crippen LogP contribution in [0.1, 0.15) is 17.2 Å². The lowest BCUT2D eigenvalue weighted by molar-refractivity contribution is 0.142. The van der Waals surface area contributed by atoms with Gasteiger partial charge in [0, 0.05) is 18.9 Å². The first-order valence-corrected chi connectivity index (χ1v) is 7.42. The minimum absolute atomic E-state index is 0.127. The summed E-state index contributed by atoms with van der Waals surface area (Å²) in [5, 5.41) is 0. The van der Waals surface area contributed by atoms with Crippen LogP contribution in [0, 0.1) is 0 Å². The monoisotopic (exact) mass is 346 g/mol. The van der Waals surface area contributed by atoms with Gasteiger partial charge < -0.3 is 30.4 Å². The maximum Gasteiger partial charge on any atom is 0.221 e. The first kappa shape index (κ1) is 18.3. The number of nitrogen functional groups attached to an aromatic ring is 2. The molecule has 0 amide bonds. The number of aromatic nitrogens is 2. The van der Waals surface area contributed by atoms with E-state index < -0.39 is 0 Å². The van der Waals surface area contributed by atoms with Crippen molar-refractivity contribution in [2.24, 2.45) is 0 Å². The van der Waals surface area contributed by atoms with Crippen molar-refractivity contribution in [3.05, 3.63) is 35.5 Å². The molecule has 1 aromatic carbocycles. The van der Waals surface area contributed by atoms with Crippen molar-refractivity contribution >= 4 is 17.8 Å². The Morgan fingerprint density at radius 2 is 1.64 bits per heavy atom.